The molecule has 2 heterocycles. The molecule has 1 saturated heterocycles. The first-order valence-corrected chi connectivity index (χ1v) is 7.22. The van der Waals surface area contributed by atoms with Crippen LogP contribution in [0.25, 0.3) is 0 Å². The fourth-order valence-electron chi connectivity index (χ4n) is 2.38. The summed E-state index contributed by atoms with van der Waals surface area (Å²) in [5.41, 5.74) is -0.765. The van der Waals surface area contributed by atoms with Crippen molar-refractivity contribution in [1.29, 1.82) is 0 Å². The van der Waals surface area contributed by atoms with Crippen LogP contribution >= 0.6 is 0 Å². The number of aryl methyl sites for hydroxylation is 1. The maximum Gasteiger partial charge on any atom is 0.330 e. The maximum absolute atomic E-state index is 12.0. The van der Waals surface area contributed by atoms with Crippen LogP contribution in [-0.4, -0.2) is 40.8 Å². The summed E-state index contributed by atoms with van der Waals surface area (Å²) in [7, 11) is 1.23. The molecule has 130 valence electrons. The van der Waals surface area contributed by atoms with Crippen LogP contribution in [-0.2, 0) is 23.8 Å². The lowest BCUT2D eigenvalue weighted by Gasteiger charge is -2.14. The van der Waals surface area contributed by atoms with Crippen LogP contribution in [0.15, 0.2) is 27.9 Å². The highest BCUT2D eigenvalue weighted by Crippen LogP contribution is 2.30. The molecule has 0 amide bonds. The maximum atomic E-state index is 12.0. The van der Waals surface area contributed by atoms with E-state index in [9.17, 15) is 19.2 Å². The molecule has 24 heavy (non-hydrogen) atoms. The van der Waals surface area contributed by atoms with Crippen molar-refractivity contribution in [1.82, 2.24) is 9.55 Å². The van der Waals surface area contributed by atoms with Crippen molar-refractivity contribution in [2.45, 2.75) is 38.7 Å². The molecule has 0 spiro atoms. The van der Waals surface area contributed by atoms with Crippen molar-refractivity contribution in [2.24, 2.45) is 0 Å². The Bertz CT molecular complexity index is 777. The van der Waals surface area contributed by atoms with Crippen molar-refractivity contribution in [2.75, 3.05) is 7.11 Å². The number of methoxy groups -OCH3 is 1. The Morgan fingerprint density at radius 1 is 1.42 bits per heavy atom. The van der Waals surface area contributed by atoms with Gasteiger partial charge >= 0.3 is 17.6 Å². The number of aromatic amines is 1. The number of H-pyrrole nitrogens is 1. The molecule has 9 heteroatoms. The Labute approximate surface area is 136 Å². The number of carbonyl (C=O) groups excluding carboxylic acids is 2. The second-order valence-corrected chi connectivity index (χ2v) is 5.30. The van der Waals surface area contributed by atoms with Gasteiger partial charge in [-0.05, 0) is 13.0 Å². The molecule has 0 aliphatic carbocycles. The van der Waals surface area contributed by atoms with E-state index in [4.69, 9.17) is 9.47 Å². The average molecular weight is 338 g/mol. The first kappa shape index (κ1) is 17.7. The molecule has 1 aliphatic rings. The normalized spacial score (nSPS) is 23.4. The zero-order valence-corrected chi connectivity index (χ0v) is 13.5. The van der Waals surface area contributed by atoms with Gasteiger partial charge in [0.25, 0.3) is 5.56 Å². The molecule has 0 aromatic carbocycles. The van der Waals surface area contributed by atoms with Crippen molar-refractivity contribution in [3.63, 3.8) is 0 Å². The quantitative estimate of drug-likeness (QED) is 0.596. The summed E-state index contributed by atoms with van der Waals surface area (Å²) in [4.78, 5) is 48.0. The fraction of sp³-hybridized carbons (Fsp3) is 0.467. The third kappa shape index (κ3) is 3.99. The molecular weight excluding hydrogens is 320 g/mol. The van der Waals surface area contributed by atoms with Crippen LogP contribution in [0.1, 0.15) is 25.1 Å². The van der Waals surface area contributed by atoms with Gasteiger partial charge in [0.05, 0.1) is 7.11 Å². The molecule has 1 aromatic rings. The summed E-state index contributed by atoms with van der Waals surface area (Å²) >= 11 is 0. The molecule has 1 N–H and O–H groups in total. The van der Waals surface area contributed by atoms with Crippen molar-refractivity contribution in [3.05, 3.63) is 44.8 Å². The van der Waals surface area contributed by atoms with Gasteiger partial charge in [0.1, 0.15) is 18.4 Å². The van der Waals surface area contributed by atoms with Crippen LogP contribution in [0.5, 0.6) is 0 Å². The minimum absolute atomic E-state index is 0.196. The van der Waals surface area contributed by atoms with Crippen LogP contribution < -0.4 is 11.2 Å². The zero-order chi connectivity index (χ0) is 17.9. The number of hydrogen-bond acceptors (Lipinski definition) is 7. The minimum atomic E-state index is -0.746. The summed E-state index contributed by atoms with van der Waals surface area (Å²) in [6.45, 7) is 2.81. The van der Waals surface area contributed by atoms with Gasteiger partial charge in [-0.3, -0.25) is 19.1 Å². The molecule has 0 unspecified atom stereocenters. The highest BCUT2D eigenvalue weighted by molar-refractivity contribution is 5.81. The average Bonchev–Trinajstić information content (AvgIpc) is 2.90. The van der Waals surface area contributed by atoms with Gasteiger partial charge < -0.3 is 14.2 Å². The third-order valence-electron chi connectivity index (χ3n) is 3.51. The van der Waals surface area contributed by atoms with Gasteiger partial charge in [-0.25, -0.2) is 9.59 Å². The Morgan fingerprint density at radius 3 is 2.75 bits per heavy atom. The van der Waals surface area contributed by atoms with Gasteiger partial charge in [0, 0.05) is 31.2 Å². The first-order chi connectivity index (χ1) is 11.3. The van der Waals surface area contributed by atoms with Crippen LogP contribution in [0.3, 0.4) is 0 Å². The first-order valence-electron chi connectivity index (χ1n) is 7.22. The molecule has 0 saturated carbocycles. The van der Waals surface area contributed by atoms with E-state index in [2.05, 4.69) is 9.72 Å². The highest BCUT2D eigenvalue weighted by atomic mass is 16.6. The molecule has 1 aromatic heterocycles. The molecular formula is C15H18N2O7. The number of carbonyl (C=O) groups is 2. The number of aromatic nitrogens is 2. The molecule has 1 aliphatic heterocycles. The van der Waals surface area contributed by atoms with Crippen molar-refractivity contribution in [3.8, 4) is 0 Å². The van der Waals surface area contributed by atoms with E-state index in [0.717, 1.165) is 6.08 Å². The summed E-state index contributed by atoms with van der Waals surface area (Å²) in [5, 5.41) is 0. The van der Waals surface area contributed by atoms with Crippen LogP contribution in [0.4, 0.5) is 0 Å². The predicted octanol–water partition coefficient (Wildman–Crippen LogP) is -0.207. The lowest BCUT2D eigenvalue weighted by Crippen LogP contribution is -2.33. The van der Waals surface area contributed by atoms with Gasteiger partial charge in [-0.15, -0.1) is 0 Å². The van der Waals surface area contributed by atoms with Gasteiger partial charge in [0.2, 0.25) is 0 Å². The third-order valence-corrected chi connectivity index (χ3v) is 3.51. The molecule has 1 fully saturated rings. The van der Waals surface area contributed by atoms with E-state index in [1.807, 2.05) is 0 Å². The van der Waals surface area contributed by atoms with Gasteiger partial charge in [-0.2, -0.15) is 0 Å². The lowest BCUT2D eigenvalue weighted by molar-refractivity contribution is -0.147. The van der Waals surface area contributed by atoms with Gasteiger partial charge in [0.15, 0.2) is 0 Å². The second kappa shape index (κ2) is 7.26. The number of nitrogens with zero attached hydrogens (tertiary/aromatic N) is 1. The molecule has 0 radical (unpaired) electrons. The number of hydrogen-bond donors (Lipinski definition) is 1. The Balaban J connectivity index is 2.28. The predicted molar refractivity (Wildman–Crippen MR) is 81.3 cm³/mol. The SMILES string of the molecule is COC(=O)C=C[C@H]1O[C@@H](n2cc(C)c(=O)[nH]c2=O)C[C@@H]1OC(C)=O. The van der Waals surface area contributed by atoms with E-state index in [1.54, 1.807) is 6.92 Å². The second-order valence-electron chi connectivity index (χ2n) is 5.30. The Morgan fingerprint density at radius 2 is 2.12 bits per heavy atom. The van der Waals surface area contributed by atoms with Crippen LogP contribution in [0.2, 0.25) is 0 Å². The minimum Gasteiger partial charge on any atom is -0.466 e. The van der Waals surface area contributed by atoms with Crippen LogP contribution in [0, 0.1) is 6.92 Å². The number of esters is 2. The van der Waals surface area contributed by atoms with E-state index in [-0.39, 0.29) is 6.42 Å². The number of ether oxygens (including phenoxy) is 3. The van der Waals surface area contributed by atoms with E-state index in [0.29, 0.717) is 5.56 Å². The summed E-state index contributed by atoms with van der Waals surface area (Å²) < 4.78 is 16.6. The van der Waals surface area contributed by atoms with Gasteiger partial charge in [-0.1, -0.05) is 0 Å². The van der Waals surface area contributed by atoms with Crippen molar-refractivity contribution >= 4 is 11.9 Å². The molecule has 2 rings (SSSR count). The molecule has 3 atom stereocenters. The van der Waals surface area contributed by atoms with E-state index >= 15 is 0 Å². The van der Waals surface area contributed by atoms with E-state index < -0.39 is 41.6 Å². The monoisotopic (exact) mass is 338 g/mol. The largest absolute Gasteiger partial charge is 0.466 e. The lowest BCUT2D eigenvalue weighted by atomic mass is 10.1. The topological polar surface area (TPSA) is 117 Å². The standard InChI is InChI=1S/C15H18N2O7/c1-8-7-17(15(21)16-14(8)20)12-6-11(23-9(2)18)10(24-12)4-5-13(19)22-3/h4-5,7,10-12H,6H2,1-3H3,(H,16,20,21)/t10-,11+,12-/m1/s1. The molecule has 0 bridgehead atoms. The smallest absolute Gasteiger partial charge is 0.330 e. The highest BCUT2D eigenvalue weighted by Gasteiger charge is 2.37. The Kier molecular flexibility index (Phi) is 5.35. The zero-order valence-electron chi connectivity index (χ0n) is 13.5. The number of nitrogens with one attached hydrogen (secondary N) is 1. The summed E-state index contributed by atoms with van der Waals surface area (Å²) in [6, 6.07) is 0. The number of rotatable bonds is 4. The summed E-state index contributed by atoms with van der Waals surface area (Å²) in [5.74, 6) is -1.09. The fourth-order valence-corrected chi connectivity index (χ4v) is 2.38. The van der Waals surface area contributed by atoms with E-state index in [1.165, 1.54) is 30.9 Å². The van der Waals surface area contributed by atoms with Crippen molar-refractivity contribution < 1.29 is 23.8 Å². The Hall–Kier alpha value is -2.68. The summed E-state index contributed by atoms with van der Waals surface area (Å²) in [6.07, 6.45) is 1.99. The molecule has 9 nitrogen and oxygen atoms in total.